The zero-order chi connectivity index (χ0) is 21.1. The van der Waals surface area contributed by atoms with Crippen molar-refractivity contribution in [2.75, 3.05) is 13.1 Å². The highest BCUT2D eigenvalue weighted by Gasteiger charge is 2.34. The van der Waals surface area contributed by atoms with Gasteiger partial charge in [-0.05, 0) is 12.8 Å². The van der Waals surface area contributed by atoms with Crippen LogP contribution in [-0.2, 0) is 19.2 Å². The molecule has 0 rings (SSSR count). The number of aliphatic carboxylic acids is 2. The number of unbranched alkanes of at least 4 members (excludes halogenated alkanes) is 2. The molecule has 152 valence electrons. The van der Waals surface area contributed by atoms with E-state index in [1.165, 1.54) is 0 Å². The minimum Gasteiger partial charge on any atom is -0.477 e. The van der Waals surface area contributed by atoms with Crippen molar-refractivity contribution in [3.8, 4) is 0 Å². The number of carboxylic acid groups (broad SMARTS) is 2. The van der Waals surface area contributed by atoms with Gasteiger partial charge in [-0.3, -0.25) is 9.59 Å². The maximum absolute atomic E-state index is 11.9. The summed E-state index contributed by atoms with van der Waals surface area (Å²) < 4.78 is 0. The molecule has 0 aliphatic carbocycles. The Morgan fingerprint density at radius 3 is 1.33 bits per heavy atom. The second kappa shape index (κ2) is 11.2. The highest BCUT2D eigenvalue weighted by atomic mass is 16.4. The molecule has 0 aromatic rings. The summed E-state index contributed by atoms with van der Waals surface area (Å²) >= 11 is 0. The number of ketones is 2. The molecular formula is C15H24N4O8. The van der Waals surface area contributed by atoms with E-state index >= 15 is 0 Å². The SMILES string of the molecule is NCC(O)(/N=C/C(=O)O)C(=O)CCCCCC(=O)C(O)(CN)/N=C/C(=O)O. The van der Waals surface area contributed by atoms with Crippen LogP contribution in [0.25, 0.3) is 0 Å². The maximum atomic E-state index is 11.9. The van der Waals surface area contributed by atoms with Gasteiger partial charge in [-0.25, -0.2) is 19.6 Å². The molecule has 0 saturated heterocycles. The average Bonchev–Trinajstić information content (AvgIpc) is 2.63. The number of nitrogens with zero attached hydrogens (tertiary/aromatic N) is 2. The highest BCUT2D eigenvalue weighted by Crippen LogP contribution is 2.15. The number of hydrogen-bond acceptors (Lipinski definition) is 10. The largest absolute Gasteiger partial charge is 0.477 e. The number of hydrogen-bond donors (Lipinski definition) is 6. The first kappa shape index (κ1) is 24.5. The molecule has 0 aromatic carbocycles. The van der Waals surface area contributed by atoms with Gasteiger partial charge in [-0.15, -0.1) is 0 Å². The van der Waals surface area contributed by atoms with Crippen LogP contribution >= 0.6 is 0 Å². The molecule has 12 nitrogen and oxygen atoms in total. The third-order valence-electron chi connectivity index (χ3n) is 3.55. The van der Waals surface area contributed by atoms with E-state index in [0.29, 0.717) is 18.9 Å². The van der Waals surface area contributed by atoms with Crippen LogP contribution in [0.2, 0.25) is 0 Å². The predicted molar refractivity (Wildman–Crippen MR) is 93.4 cm³/mol. The molecule has 0 amide bonds. The summed E-state index contributed by atoms with van der Waals surface area (Å²) in [6.07, 6.45) is 1.30. The summed E-state index contributed by atoms with van der Waals surface area (Å²) in [5.74, 6) is -4.41. The second-order valence-electron chi connectivity index (χ2n) is 5.64. The zero-order valence-electron chi connectivity index (χ0n) is 14.6. The normalized spacial score (nSPS) is 16.1. The van der Waals surface area contributed by atoms with Crippen molar-refractivity contribution in [1.29, 1.82) is 0 Å². The van der Waals surface area contributed by atoms with Gasteiger partial charge in [0, 0.05) is 12.8 Å². The number of aliphatic hydroxyl groups is 2. The standard InChI is InChI=1S/C15H24N4O8/c16-8-14(26,18-6-12(22)23)10(20)4-2-1-3-5-11(21)15(27,9-17)19-7-13(24)25/h6-7,26-27H,1-5,8-9,16-17H2,(H,22,23)(H,24,25)/b18-6+,19-7+. The molecule has 0 fully saturated rings. The highest BCUT2D eigenvalue weighted by molar-refractivity contribution is 6.22. The van der Waals surface area contributed by atoms with Crippen molar-refractivity contribution in [1.82, 2.24) is 0 Å². The zero-order valence-corrected chi connectivity index (χ0v) is 14.6. The third kappa shape index (κ3) is 8.59. The summed E-state index contributed by atoms with van der Waals surface area (Å²) in [5, 5.41) is 36.8. The fourth-order valence-corrected chi connectivity index (χ4v) is 1.95. The number of carbonyl (C=O) groups excluding carboxylic acids is 2. The van der Waals surface area contributed by atoms with E-state index in [-0.39, 0.29) is 25.7 Å². The summed E-state index contributed by atoms with van der Waals surface area (Å²) in [4.78, 5) is 51.2. The van der Waals surface area contributed by atoms with E-state index in [4.69, 9.17) is 21.7 Å². The van der Waals surface area contributed by atoms with Gasteiger partial charge in [0.2, 0.25) is 11.4 Å². The molecule has 0 aliphatic rings. The maximum Gasteiger partial charge on any atom is 0.346 e. The van der Waals surface area contributed by atoms with Crippen LogP contribution in [-0.4, -0.2) is 80.9 Å². The molecule has 0 heterocycles. The van der Waals surface area contributed by atoms with Crippen LogP contribution < -0.4 is 11.5 Å². The first-order chi connectivity index (χ1) is 12.5. The van der Waals surface area contributed by atoms with Crippen LogP contribution in [0.3, 0.4) is 0 Å². The second-order valence-corrected chi connectivity index (χ2v) is 5.64. The molecule has 12 heteroatoms. The van der Waals surface area contributed by atoms with Gasteiger partial charge >= 0.3 is 11.9 Å². The lowest BCUT2D eigenvalue weighted by molar-refractivity contribution is -0.136. The molecular weight excluding hydrogens is 364 g/mol. The minimum atomic E-state index is -2.32. The number of nitrogens with two attached hydrogens (primary N) is 2. The third-order valence-corrected chi connectivity index (χ3v) is 3.55. The Morgan fingerprint density at radius 1 is 0.741 bits per heavy atom. The van der Waals surface area contributed by atoms with E-state index < -0.39 is 48.0 Å². The Morgan fingerprint density at radius 2 is 1.07 bits per heavy atom. The van der Waals surface area contributed by atoms with Gasteiger partial charge in [0.25, 0.3) is 0 Å². The van der Waals surface area contributed by atoms with Crippen molar-refractivity contribution in [3.63, 3.8) is 0 Å². The van der Waals surface area contributed by atoms with Crippen LogP contribution in [0.1, 0.15) is 32.1 Å². The summed E-state index contributed by atoms with van der Waals surface area (Å²) in [6, 6.07) is 0. The molecule has 0 aromatic heterocycles. The molecule has 2 unspecified atom stereocenters. The Hall–Kier alpha value is -2.54. The Kier molecular flexibility index (Phi) is 10.2. The first-order valence-electron chi connectivity index (χ1n) is 7.98. The van der Waals surface area contributed by atoms with Crippen molar-refractivity contribution < 1.29 is 39.6 Å². The number of Topliss-reactive ketones (excluding diaryl/α,β-unsaturated/α-hetero) is 2. The lowest BCUT2D eigenvalue weighted by Crippen LogP contribution is -2.44. The number of rotatable bonds is 14. The molecule has 0 spiro atoms. The van der Waals surface area contributed by atoms with Crippen LogP contribution in [0.5, 0.6) is 0 Å². The van der Waals surface area contributed by atoms with E-state index in [2.05, 4.69) is 9.98 Å². The lowest BCUT2D eigenvalue weighted by atomic mass is 9.99. The molecule has 2 atom stereocenters. The van der Waals surface area contributed by atoms with Crippen molar-refractivity contribution >= 4 is 35.9 Å². The van der Waals surface area contributed by atoms with Crippen LogP contribution in [0, 0.1) is 0 Å². The Balaban J connectivity index is 4.49. The number of carbonyl (C=O) groups is 4. The van der Waals surface area contributed by atoms with E-state index in [1.54, 1.807) is 0 Å². The molecule has 0 saturated carbocycles. The van der Waals surface area contributed by atoms with Gasteiger partial charge < -0.3 is 31.9 Å². The molecule has 27 heavy (non-hydrogen) atoms. The van der Waals surface area contributed by atoms with E-state index in [0.717, 1.165) is 0 Å². The van der Waals surface area contributed by atoms with Crippen LogP contribution in [0.15, 0.2) is 9.98 Å². The number of carboxylic acids is 2. The lowest BCUT2D eigenvalue weighted by Gasteiger charge is -2.20. The van der Waals surface area contributed by atoms with Crippen LogP contribution in [0.4, 0.5) is 0 Å². The molecule has 8 N–H and O–H groups in total. The minimum absolute atomic E-state index is 0.156. The number of aliphatic imine (C=N–C) groups is 2. The topological polar surface area (TPSA) is 226 Å². The van der Waals surface area contributed by atoms with Gasteiger partial charge in [-0.1, -0.05) is 6.42 Å². The molecule has 0 radical (unpaired) electrons. The smallest absolute Gasteiger partial charge is 0.346 e. The fourth-order valence-electron chi connectivity index (χ4n) is 1.95. The predicted octanol–water partition coefficient (Wildman–Crippen LogP) is -2.32. The van der Waals surface area contributed by atoms with Gasteiger partial charge in [-0.2, -0.15) is 0 Å². The molecule has 0 bridgehead atoms. The van der Waals surface area contributed by atoms with Gasteiger partial charge in [0.1, 0.15) is 12.4 Å². The molecule has 0 aliphatic heterocycles. The van der Waals surface area contributed by atoms with E-state index in [1.807, 2.05) is 0 Å². The summed E-state index contributed by atoms with van der Waals surface area (Å²) in [5.41, 5.74) is 5.88. The van der Waals surface area contributed by atoms with Crippen molar-refractivity contribution in [2.45, 2.75) is 43.6 Å². The first-order valence-corrected chi connectivity index (χ1v) is 7.98. The quantitative estimate of drug-likeness (QED) is 0.137. The fraction of sp³-hybridized carbons (Fsp3) is 0.600. The Bertz CT molecular complexity index is 569. The van der Waals surface area contributed by atoms with Crippen molar-refractivity contribution in [3.05, 3.63) is 0 Å². The summed E-state index contributed by atoms with van der Waals surface area (Å²) in [7, 11) is 0. The van der Waals surface area contributed by atoms with Gasteiger partial charge in [0.15, 0.2) is 11.6 Å². The van der Waals surface area contributed by atoms with Crippen molar-refractivity contribution in [2.24, 2.45) is 21.5 Å². The van der Waals surface area contributed by atoms with E-state index in [9.17, 15) is 29.4 Å². The monoisotopic (exact) mass is 388 g/mol. The van der Waals surface area contributed by atoms with Gasteiger partial charge in [0.05, 0.1) is 13.1 Å². The summed E-state index contributed by atoms with van der Waals surface area (Å²) in [6.45, 7) is -1.17. The average molecular weight is 388 g/mol. The Labute approximate surface area is 154 Å².